The molecule has 0 unspecified atom stereocenters. The molecule has 0 bridgehead atoms. The van der Waals surface area contributed by atoms with Crippen molar-refractivity contribution in [2.24, 2.45) is 0 Å². The summed E-state index contributed by atoms with van der Waals surface area (Å²) < 4.78 is 8.26. The molecule has 3 nitrogen and oxygen atoms in total. The van der Waals surface area contributed by atoms with Gasteiger partial charge in [0.2, 0.25) is 0 Å². The van der Waals surface area contributed by atoms with Gasteiger partial charge in [0.1, 0.15) is 0 Å². The van der Waals surface area contributed by atoms with Crippen molar-refractivity contribution in [2.75, 3.05) is 39.3 Å². The van der Waals surface area contributed by atoms with E-state index in [2.05, 4.69) is 50.2 Å². The summed E-state index contributed by atoms with van der Waals surface area (Å²) in [6, 6.07) is 0. The van der Waals surface area contributed by atoms with Gasteiger partial charge in [-0.15, -0.1) is 0 Å². The molecule has 0 radical (unpaired) electrons. The summed E-state index contributed by atoms with van der Waals surface area (Å²) in [7, 11) is 0. The quantitative estimate of drug-likeness (QED) is 0.640. The fourth-order valence-corrected chi connectivity index (χ4v) is 11.9. The summed E-state index contributed by atoms with van der Waals surface area (Å²) in [5.74, 6) is 0. The third-order valence-electron chi connectivity index (χ3n) is 3.42. The van der Waals surface area contributed by atoms with Crippen molar-refractivity contribution in [3.05, 3.63) is 0 Å². The zero-order chi connectivity index (χ0) is 12.6. The second kappa shape index (κ2) is 9.75. The Morgan fingerprint density at radius 1 is 0.500 bits per heavy atom. The van der Waals surface area contributed by atoms with Crippen LogP contribution in [-0.2, 0) is 0 Å². The van der Waals surface area contributed by atoms with Gasteiger partial charge in [-0.3, -0.25) is 0 Å². The Morgan fingerprint density at radius 2 is 0.688 bits per heavy atom. The molecule has 0 amide bonds. The molecular formula is C12H30InN3-2. The molecule has 0 saturated carbocycles. The third-order valence-corrected chi connectivity index (χ3v) is 15.3. The van der Waals surface area contributed by atoms with E-state index in [0.29, 0.717) is 0 Å². The van der Waals surface area contributed by atoms with E-state index >= 15 is 0 Å². The van der Waals surface area contributed by atoms with Gasteiger partial charge in [0.05, 0.1) is 0 Å². The molecule has 0 heterocycles. The maximum absolute atomic E-state index is 2.75. The van der Waals surface area contributed by atoms with Crippen LogP contribution < -0.4 is 0 Å². The Morgan fingerprint density at radius 3 is 0.812 bits per heavy atom. The molecule has 98 valence electrons. The molecule has 0 atom stereocenters. The van der Waals surface area contributed by atoms with E-state index in [4.69, 9.17) is 0 Å². The van der Waals surface area contributed by atoms with Crippen molar-refractivity contribution in [1.29, 1.82) is 0 Å². The first-order valence-electron chi connectivity index (χ1n) is 6.91. The first kappa shape index (κ1) is 16.8. The summed E-state index contributed by atoms with van der Waals surface area (Å²) in [6.07, 6.45) is 0. The van der Waals surface area contributed by atoms with Crippen molar-refractivity contribution in [1.82, 2.24) is 8.66 Å². The van der Waals surface area contributed by atoms with Gasteiger partial charge in [-0.1, -0.05) is 0 Å². The Balaban J connectivity index is 4.84. The Kier molecular flexibility index (Phi) is 10.2. The summed E-state index contributed by atoms with van der Waals surface area (Å²) >= 11 is -1.87. The van der Waals surface area contributed by atoms with Crippen molar-refractivity contribution >= 4 is 22.3 Å². The zero-order valence-electron chi connectivity index (χ0n) is 12.2. The van der Waals surface area contributed by atoms with Crippen LogP contribution in [0.2, 0.25) is 0 Å². The molecule has 0 aromatic carbocycles. The average molecular weight is 331 g/mol. The van der Waals surface area contributed by atoms with E-state index in [1.165, 1.54) is 39.3 Å². The molecule has 4 heteroatoms. The van der Waals surface area contributed by atoms with Gasteiger partial charge < -0.3 is 0 Å². The topological polar surface area (TPSA) is 9.72 Å². The third kappa shape index (κ3) is 4.55. The average Bonchev–Trinajstić information content (AvgIpc) is 2.33. The first-order chi connectivity index (χ1) is 7.69. The Labute approximate surface area is 111 Å². The SMILES string of the molecule is CC[N](CC)[In-2]([N](CC)CC)[N](CC)CC. The molecule has 0 aliphatic carbocycles. The van der Waals surface area contributed by atoms with E-state index in [0.717, 1.165) is 0 Å². The first-order valence-corrected chi connectivity index (χ1v) is 11.3. The van der Waals surface area contributed by atoms with Crippen LogP contribution >= 0.6 is 0 Å². The van der Waals surface area contributed by atoms with Gasteiger partial charge in [0.15, 0.2) is 0 Å². The van der Waals surface area contributed by atoms with E-state index in [9.17, 15) is 0 Å². The fourth-order valence-electron chi connectivity index (χ4n) is 2.34. The Hall–Kier alpha value is 0.750. The number of hydrogen-bond donors (Lipinski definition) is 0. The van der Waals surface area contributed by atoms with Crippen LogP contribution in [0.3, 0.4) is 0 Å². The van der Waals surface area contributed by atoms with Crippen LogP contribution in [0.5, 0.6) is 0 Å². The number of hydrogen-bond acceptors (Lipinski definition) is 3. The fraction of sp³-hybridized carbons (Fsp3) is 1.00. The van der Waals surface area contributed by atoms with E-state index in [-0.39, 0.29) is 0 Å². The van der Waals surface area contributed by atoms with Crippen molar-refractivity contribution in [3.8, 4) is 0 Å². The van der Waals surface area contributed by atoms with Crippen LogP contribution in [0.25, 0.3) is 0 Å². The second-order valence-corrected chi connectivity index (χ2v) is 12.2. The molecule has 0 spiro atoms. The normalized spacial score (nSPS) is 12.4. The minimum absolute atomic E-state index is 1.21. The molecular weight excluding hydrogens is 301 g/mol. The summed E-state index contributed by atoms with van der Waals surface area (Å²) in [6.45, 7) is 21.1. The standard InChI is InChI=1S/3C4H10N.In/c3*1-3-5-4-2;/h3*3-4H2,1-2H3;/q3*-1;+1. The van der Waals surface area contributed by atoms with Crippen molar-refractivity contribution < 1.29 is 0 Å². The summed E-state index contributed by atoms with van der Waals surface area (Å²) in [5, 5.41) is 0. The molecule has 16 heavy (non-hydrogen) atoms. The van der Waals surface area contributed by atoms with Crippen LogP contribution in [0, 0.1) is 0 Å². The number of rotatable bonds is 9. The molecule has 0 aromatic rings. The molecule has 0 rings (SSSR count). The van der Waals surface area contributed by atoms with Crippen LogP contribution in [0.15, 0.2) is 0 Å². The van der Waals surface area contributed by atoms with Crippen LogP contribution in [0.1, 0.15) is 41.5 Å². The molecule has 0 saturated heterocycles. The second-order valence-electron chi connectivity index (χ2n) is 4.01. The van der Waals surface area contributed by atoms with Gasteiger partial charge in [-0.05, 0) is 0 Å². The minimum atomic E-state index is -1.87. The summed E-state index contributed by atoms with van der Waals surface area (Å²) in [4.78, 5) is 0. The van der Waals surface area contributed by atoms with Crippen LogP contribution in [0.4, 0.5) is 0 Å². The maximum atomic E-state index is 2.75. The Bertz CT molecular complexity index is 126. The molecule has 0 aliphatic rings. The summed E-state index contributed by atoms with van der Waals surface area (Å²) in [5.41, 5.74) is 0. The molecule has 0 aromatic heterocycles. The predicted octanol–water partition coefficient (Wildman–Crippen LogP) is 2.00. The molecule has 0 N–H and O–H groups in total. The van der Waals surface area contributed by atoms with Crippen LogP contribution in [-0.4, -0.2) is 70.2 Å². The van der Waals surface area contributed by atoms with E-state index in [1.54, 1.807) is 0 Å². The monoisotopic (exact) mass is 331 g/mol. The predicted molar refractivity (Wildman–Crippen MR) is 74.5 cm³/mol. The van der Waals surface area contributed by atoms with E-state index < -0.39 is 22.3 Å². The van der Waals surface area contributed by atoms with Gasteiger partial charge in [0, 0.05) is 0 Å². The van der Waals surface area contributed by atoms with Gasteiger partial charge in [-0.2, -0.15) is 0 Å². The number of nitrogens with zero attached hydrogens (tertiary/aromatic N) is 3. The molecule has 0 aliphatic heterocycles. The van der Waals surface area contributed by atoms with Crippen molar-refractivity contribution in [2.45, 2.75) is 41.5 Å². The zero-order valence-corrected chi connectivity index (χ0v) is 15.5. The molecule has 0 fully saturated rings. The van der Waals surface area contributed by atoms with E-state index in [1.807, 2.05) is 0 Å². The van der Waals surface area contributed by atoms with Gasteiger partial charge >= 0.3 is 112 Å². The van der Waals surface area contributed by atoms with Gasteiger partial charge in [-0.25, -0.2) is 0 Å². The van der Waals surface area contributed by atoms with Gasteiger partial charge in [0.25, 0.3) is 0 Å². The van der Waals surface area contributed by atoms with Crippen molar-refractivity contribution in [3.63, 3.8) is 0 Å².